The van der Waals surface area contributed by atoms with E-state index in [1.54, 1.807) is 12.3 Å². The molecular weight excluding hydrogens is 621 g/mol. The third-order valence-electron chi connectivity index (χ3n) is 6.59. The van der Waals surface area contributed by atoms with E-state index in [4.69, 9.17) is 15.6 Å². The van der Waals surface area contributed by atoms with Gasteiger partial charge in [0.25, 0.3) is 5.91 Å². The molecule has 0 saturated heterocycles. The molecule has 1 amide bonds. The molecule has 0 unspecified atom stereocenters. The van der Waals surface area contributed by atoms with Gasteiger partial charge in [-0.1, -0.05) is 15.1 Å². The number of anilines is 1. The number of hydrogen-bond donors (Lipinski definition) is 3. The first-order valence-electron chi connectivity index (χ1n) is 12.2. The van der Waals surface area contributed by atoms with Crippen molar-refractivity contribution in [2.24, 2.45) is 5.73 Å². The number of carbonyl (C=O) groups excluding carboxylic acids is 1. The SMILES string of the molecule is C=I(=C)c1cccc(F)c1-c1nc(C(=O)Nc2cnccc2[C@H]2CC[C@H](OCCC(=O)O)[C@@H](N)C2)ccc1F. The number of nitrogens with one attached hydrogen (secondary N) is 1. The largest absolute Gasteiger partial charge is 0.481 e. The van der Waals surface area contributed by atoms with Crippen molar-refractivity contribution in [3.05, 3.63) is 75.3 Å². The van der Waals surface area contributed by atoms with E-state index < -0.39 is 42.4 Å². The molecule has 4 N–H and O–H groups in total. The predicted octanol–water partition coefficient (Wildman–Crippen LogP) is 4.67. The first-order valence-corrected chi connectivity index (χ1v) is 16.4. The van der Waals surface area contributed by atoms with Crippen LogP contribution in [0, 0.1) is 15.2 Å². The maximum Gasteiger partial charge on any atom is 0.305 e. The summed E-state index contributed by atoms with van der Waals surface area (Å²) in [5.41, 5.74) is 7.28. The van der Waals surface area contributed by atoms with Crippen LogP contribution in [-0.4, -0.2) is 54.7 Å². The lowest BCUT2D eigenvalue weighted by molar-refractivity contribution is -0.139. The van der Waals surface area contributed by atoms with Gasteiger partial charge in [0, 0.05) is 15.8 Å². The lowest BCUT2D eigenvalue weighted by Gasteiger charge is -2.34. The number of nitrogens with zero attached hydrogens (tertiary/aromatic N) is 2. The quantitative estimate of drug-likeness (QED) is 0.288. The van der Waals surface area contributed by atoms with Gasteiger partial charge in [0.1, 0.15) is 23.0 Å². The van der Waals surface area contributed by atoms with Crippen LogP contribution in [-0.2, 0) is 9.53 Å². The zero-order valence-electron chi connectivity index (χ0n) is 21.1. The summed E-state index contributed by atoms with van der Waals surface area (Å²) in [4.78, 5) is 32.3. The summed E-state index contributed by atoms with van der Waals surface area (Å²) in [6.07, 6.45) is 4.74. The number of benzene rings is 1. The molecule has 39 heavy (non-hydrogen) atoms. The molecule has 1 fully saturated rings. The number of carbonyl (C=O) groups is 2. The van der Waals surface area contributed by atoms with E-state index >= 15 is 0 Å². The van der Waals surface area contributed by atoms with Gasteiger partial charge >= 0.3 is 5.97 Å². The molecule has 1 aliphatic carbocycles. The molecule has 1 aromatic carbocycles. The van der Waals surface area contributed by atoms with Gasteiger partial charge in [-0.05, 0) is 61.1 Å². The minimum Gasteiger partial charge on any atom is -0.481 e. The summed E-state index contributed by atoms with van der Waals surface area (Å²) in [7, 11) is 0. The number of carboxylic acids is 1. The highest BCUT2D eigenvalue weighted by Gasteiger charge is 2.31. The predicted molar refractivity (Wildman–Crippen MR) is 155 cm³/mol. The Bertz CT molecular complexity index is 1460. The fourth-order valence-corrected chi connectivity index (χ4v) is 6.70. The number of hydrogen-bond acceptors (Lipinski definition) is 6. The number of carboxylic acid groups (broad SMARTS) is 1. The Hall–Kier alpha value is -3.29. The van der Waals surface area contributed by atoms with Crippen molar-refractivity contribution in [3.63, 3.8) is 0 Å². The van der Waals surface area contributed by atoms with Gasteiger partial charge in [-0.3, -0.25) is 14.6 Å². The van der Waals surface area contributed by atoms with Crippen LogP contribution in [0.5, 0.6) is 0 Å². The third kappa shape index (κ3) is 6.84. The topological polar surface area (TPSA) is 127 Å². The second-order valence-corrected chi connectivity index (χ2v) is 13.0. The van der Waals surface area contributed by atoms with E-state index in [1.807, 2.05) is 6.07 Å². The lowest BCUT2D eigenvalue weighted by Crippen LogP contribution is -2.42. The number of ether oxygens (including phenoxy) is 1. The molecule has 206 valence electrons. The highest BCUT2D eigenvalue weighted by atomic mass is 127. The van der Waals surface area contributed by atoms with Gasteiger partial charge in [-0.25, -0.2) is 13.8 Å². The normalized spacial score (nSPS) is 19.1. The second-order valence-electron chi connectivity index (χ2n) is 9.22. The Morgan fingerprint density at radius 1 is 1.15 bits per heavy atom. The molecule has 2 aromatic heterocycles. The average molecular weight is 650 g/mol. The summed E-state index contributed by atoms with van der Waals surface area (Å²) < 4.78 is 43.7. The highest BCUT2D eigenvalue weighted by molar-refractivity contribution is 14.2. The fraction of sp³-hybridized carbons (Fsp3) is 0.286. The molecular formula is C28H29F2IN4O4. The maximum atomic E-state index is 14.8. The number of aliphatic carboxylic acids is 1. The van der Waals surface area contributed by atoms with E-state index in [0.29, 0.717) is 22.1 Å². The number of halogens is 3. The zero-order valence-corrected chi connectivity index (χ0v) is 23.2. The maximum absolute atomic E-state index is 14.8. The molecule has 0 radical (unpaired) electrons. The summed E-state index contributed by atoms with van der Waals surface area (Å²) in [5, 5.41) is 11.6. The Morgan fingerprint density at radius 3 is 2.67 bits per heavy atom. The summed E-state index contributed by atoms with van der Waals surface area (Å²) >= 11 is -2.21. The van der Waals surface area contributed by atoms with Crippen LogP contribution < -0.4 is 11.1 Å². The number of amides is 1. The molecule has 3 aromatic rings. The van der Waals surface area contributed by atoms with Crippen molar-refractivity contribution in [1.82, 2.24) is 9.97 Å². The number of nitrogens with two attached hydrogens (primary N) is 1. The summed E-state index contributed by atoms with van der Waals surface area (Å²) in [5.74, 6) is -2.93. The van der Waals surface area contributed by atoms with Gasteiger partial charge in [0.15, 0.2) is 0 Å². The van der Waals surface area contributed by atoms with Crippen molar-refractivity contribution < 1.29 is 28.2 Å². The molecule has 1 aliphatic rings. The molecule has 4 rings (SSSR count). The Labute approximate surface area is 231 Å². The van der Waals surface area contributed by atoms with Crippen molar-refractivity contribution in [2.45, 2.75) is 43.7 Å². The molecule has 0 spiro atoms. The van der Waals surface area contributed by atoms with E-state index in [2.05, 4.69) is 24.3 Å². The van der Waals surface area contributed by atoms with Crippen molar-refractivity contribution in [2.75, 3.05) is 11.9 Å². The fourth-order valence-electron chi connectivity index (χ4n) is 4.71. The standard InChI is InChI=1S/C28H29F2IN4O4/c1-31(2)20-5-3-4-18(29)26(20)27-19(30)7-8-22(34-27)28(38)35-23-15-33-12-10-17(23)16-6-9-24(21(32)14-16)39-13-11-25(36)37/h3-5,7-8,10,12,15-16,21,24H,1-2,6,9,11,13-14,32H2,(H,35,38)(H,36,37)/t16-,21-,24-/m0/s1. The Morgan fingerprint density at radius 2 is 1.95 bits per heavy atom. The van der Waals surface area contributed by atoms with Crippen LogP contribution in [0.15, 0.2) is 48.8 Å². The van der Waals surface area contributed by atoms with Crippen molar-refractivity contribution in [3.8, 4) is 11.3 Å². The van der Waals surface area contributed by atoms with Crippen LogP contribution in [0.2, 0.25) is 0 Å². The highest BCUT2D eigenvalue weighted by Crippen LogP contribution is 2.37. The molecule has 11 heteroatoms. The van der Waals surface area contributed by atoms with Crippen molar-refractivity contribution >= 4 is 45.5 Å². The van der Waals surface area contributed by atoms with E-state index in [0.717, 1.165) is 18.1 Å². The molecule has 2 heterocycles. The van der Waals surface area contributed by atoms with Crippen LogP contribution in [0.4, 0.5) is 14.5 Å². The first-order chi connectivity index (χ1) is 18.7. The molecule has 8 nitrogen and oxygen atoms in total. The van der Waals surface area contributed by atoms with Crippen molar-refractivity contribution in [1.29, 1.82) is 0 Å². The second kappa shape index (κ2) is 12.7. The Balaban J connectivity index is 1.54. The van der Waals surface area contributed by atoms with E-state index in [1.165, 1.54) is 24.4 Å². The van der Waals surface area contributed by atoms with E-state index in [9.17, 15) is 18.4 Å². The third-order valence-corrected chi connectivity index (χ3v) is 9.13. The minimum atomic E-state index is -2.21. The van der Waals surface area contributed by atoms with Gasteiger partial charge in [0.05, 0.1) is 36.6 Å². The molecule has 0 bridgehead atoms. The van der Waals surface area contributed by atoms with Gasteiger partial charge in [-0.2, -0.15) is 0 Å². The molecule has 3 atom stereocenters. The summed E-state index contributed by atoms with van der Waals surface area (Å²) in [6.45, 7) is 0.0998. The first kappa shape index (κ1) is 28.7. The van der Waals surface area contributed by atoms with Crippen LogP contribution in [0.25, 0.3) is 11.3 Å². The minimum absolute atomic E-state index is 0.00645. The summed E-state index contributed by atoms with van der Waals surface area (Å²) in [6, 6.07) is 8.23. The number of pyridine rings is 2. The zero-order chi connectivity index (χ0) is 28.1. The molecule has 1 saturated carbocycles. The number of aromatic nitrogens is 2. The molecule has 0 aliphatic heterocycles. The lowest BCUT2D eigenvalue weighted by atomic mass is 9.80. The Kier molecular flexibility index (Phi) is 9.36. The average Bonchev–Trinajstić information content (AvgIpc) is 2.90. The monoisotopic (exact) mass is 650 g/mol. The van der Waals surface area contributed by atoms with E-state index in [-0.39, 0.29) is 48.0 Å². The van der Waals surface area contributed by atoms with Crippen LogP contribution in [0.1, 0.15) is 47.7 Å². The smallest absolute Gasteiger partial charge is 0.305 e. The van der Waals surface area contributed by atoms with Gasteiger partial charge in [-0.15, -0.1) is 18.9 Å². The van der Waals surface area contributed by atoms with Crippen LogP contribution >= 0.6 is 18.9 Å². The van der Waals surface area contributed by atoms with Crippen LogP contribution in [0.3, 0.4) is 0 Å². The number of rotatable bonds is 9. The van der Waals surface area contributed by atoms with Gasteiger partial charge < -0.3 is 20.9 Å². The van der Waals surface area contributed by atoms with Gasteiger partial charge in [0.2, 0.25) is 0 Å².